The molecule has 4 rings (SSSR count). The lowest BCUT2D eigenvalue weighted by molar-refractivity contribution is -0.132. The highest BCUT2D eigenvalue weighted by Crippen LogP contribution is 2.17. The number of carbonyl (C=O) groups is 2. The summed E-state index contributed by atoms with van der Waals surface area (Å²) in [6.45, 7) is 2.24. The van der Waals surface area contributed by atoms with Crippen molar-refractivity contribution in [2.24, 2.45) is 0 Å². The van der Waals surface area contributed by atoms with Gasteiger partial charge in [0.25, 0.3) is 5.91 Å². The molecule has 0 bridgehead atoms. The zero-order valence-electron chi connectivity index (χ0n) is 15.0. The molecule has 138 valence electrons. The molecule has 0 saturated carbocycles. The lowest BCUT2D eigenvalue weighted by atomic mass is 10.1. The van der Waals surface area contributed by atoms with Crippen LogP contribution in [0.25, 0.3) is 11.1 Å². The summed E-state index contributed by atoms with van der Waals surface area (Å²) >= 11 is 0. The first kappa shape index (κ1) is 17.3. The van der Waals surface area contributed by atoms with E-state index in [4.69, 9.17) is 4.42 Å². The topological polar surface area (TPSA) is 66.7 Å². The van der Waals surface area contributed by atoms with Crippen molar-refractivity contribution in [1.29, 1.82) is 0 Å². The van der Waals surface area contributed by atoms with Gasteiger partial charge < -0.3 is 14.2 Å². The summed E-state index contributed by atoms with van der Waals surface area (Å²) in [7, 11) is 0. The predicted octanol–water partition coefficient (Wildman–Crippen LogP) is 2.75. The van der Waals surface area contributed by atoms with E-state index < -0.39 is 0 Å². The summed E-state index contributed by atoms with van der Waals surface area (Å²) in [4.78, 5) is 32.9. The number of oxazole rings is 1. The SMILES string of the molecule is O=C(CCc1ccccc1)N1CCN(C(=O)c2ccc3ncoc3c2)CC1. The van der Waals surface area contributed by atoms with Crippen molar-refractivity contribution in [2.75, 3.05) is 26.2 Å². The highest BCUT2D eigenvalue weighted by molar-refractivity contribution is 5.97. The predicted molar refractivity (Wildman–Crippen MR) is 101 cm³/mol. The summed E-state index contributed by atoms with van der Waals surface area (Å²) in [6.07, 6.45) is 2.62. The Balaban J connectivity index is 1.31. The maximum atomic E-state index is 12.7. The first-order valence-corrected chi connectivity index (χ1v) is 9.15. The molecule has 1 aromatic heterocycles. The van der Waals surface area contributed by atoms with Crippen molar-refractivity contribution in [3.8, 4) is 0 Å². The third kappa shape index (κ3) is 3.84. The zero-order valence-corrected chi connectivity index (χ0v) is 15.0. The Kier molecular flexibility index (Phi) is 4.87. The van der Waals surface area contributed by atoms with Gasteiger partial charge in [0.1, 0.15) is 5.52 Å². The molecule has 0 N–H and O–H groups in total. The van der Waals surface area contributed by atoms with E-state index in [0.717, 1.165) is 11.9 Å². The van der Waals surface area contributed by atoms with Crippen LogP contribution in [0.5, 0.6) is 0 Å². The highest BCUT2D eigenvalue weighted by atomic mass is 16.3. The van der Waals surface area contributed by atoms with Crippen LogP contribution in [-0.2, 0) is 11.2 Å². The minimum Gasteiger partial charge on any atom is -0.443 e. The number of hydrogen-bond donors (Lipinski definition) is 0. The second kappa shape index (κ2) is 7.61. The average Bonchev–Trinajstić information content (AvgIpc) is 3.20. The van der Waals surface area contributed by atoms with E-state index in [-0.39, 0.29) is 11.8 Å². The molecule has 2 aromatic carbocycles. The van der Waals surface area contributed by atoms with Crippen LogP contribution in [0, 0.1) is 0 Å². The molecule has 1 aliphatic rings. The molecular weight excluding hydrogens is 342 g/mol. The van der Waals surface area contributed by atoms with Crippen LogP contribution in [0.2, 0.25) is 0 Å². The summed E-state index contributed by atoms with van der Waals surface area (Å²) < 4.78 is 5.27. The van der Waals surface area contributed by atoms with Crippen LogP contribution in [-0.4, -0.2) is 52.8 Å². The van der Waals surface area contributed by atoms with E-state index in [1.165, 1.54) is 12.0 Å². The molecule has 6 nitrogen and oxygen atoms in total. The zero-order chi connectivity index (χ0) is 18.6. The van der Waals surface area contributed by atoms with E-state index in [1.54, 1.807) is 23.1 Å². The van der Waals surface area contributed by atoms with Crippen LogP contribution in [0.15, 0.2) is 59.3 Å². The highest BCUT2D eigenvalue weighted by Gasteiger charge is 2.25. The summed E-state index contributed by atoms with van der Waals surface area (Å²) in [5.41, 5.74) is 3.10. The van der Waals surface area contributed by atoms with Crippen molar-refractivity contribution in [2.45, 2.75) is 12.8 Å². The number of aryl methyl sites for hydroxylation is 1. The quantitative estimate of drug-likeness (QED) is 0.715. The van der Waals surface area contributed by atoms with Crippen molar-refractivity contribution in [3.63, 3.8) is 0 Å². The van der Waals surface area contributed by atoms with Gasteiger partial charge in [-0.2, -0.15) is 0 Å². The molecule has 0 spiro atoms. The van der Waals surface area contributed by atoms with Crippen LogP contribution < -0.4 is 0 Å². The van der Waals surface area contributed by atoms with Crippen LogP contribution in [0.1, 0.15) is 22.3 Å². The van der Waals surface area contributed by atoms with Crippen LogP contribution >= 0.6 is 0 Å². The fourth-order valence-electron chi connectivity index (χ4n) is 3.38. The Labute approximate surface area is 157 Å². The van der Waals surface area contributed by atoms with Crippen molar-refractivity contribution < 1.29 is 14.0 Å². The Hall–Kier alpha value is -3.15. The number of piperazine rings is 1. The number of hydrogen-bond acceptors (Lipinski definition) is 4. The largest absolute Gasteiger partial charge is 0.443 e. The monoisotopic (exact) mass is 363 g/mol. The summed E-state index contributed by atoms with van der Waals surface area (Å²) in [5.74, 6) is 0.110. The second-order valence-corrected chi connectivity index (χ2v) is 6.69. The number of carbonyl (C=O) groups excluding carboxylic acids is 2. The lowest BCUT2D eigenvalue weighted by Crippen LogP contribution is -2.50. The molecule has 3 aromatic rings. The molecule has 1 fully saturated rings. The maximum absolute atomic E-state index is 12.7. The number of fused-ring (bicyclic) bond motifs is 1. The third-order valence-electron chi connectivity index (χ3n) is 4.97. The number of rotatable bonds is 4. The fraction of sp³-hybridized carbons (Fsp3) is 0.286. The molecule has 27 heavy (non-hydrogen) atoms. The van der Waals surface area contributed by atoms with E-state index in [0.29, 0.717) is 43.7 Å². The first-order chi connectivity index (χ1) is 13.2. The van der Waals surface area contributed by atoms with E-state index >= 15 is 0 Å². The Morgan fingerprint density at radius 2 is 1.70 bits per heavy atom. The molecule has 0 aliphatic carbocycles. The second-order valence-electron chi connectivity index (χ2n) is 6.69. The first-order valence-electron chi connectivity index (χ1n) is 9.15. The smallest absolute Gasteiger partial charge is 0.254 e. The number of nitrogens with zero attached hydrogens (tertiary/aromatic N) is 3. The van der Waals surface area contributed by atoms with Crippen molar-refractivity contribution in [3.05, 3.63) is 66.1 Å². The van der Waals surface area contributed by atoms with Crippen LogP contribution in [0.3, 0.4) is 0 Å². The van der Waals surface area contributed by atoms with Gasteiger partial charge in [-0.1, -0.05) is 30.3 Å². The van der Waals surface area contributed by atoms with E-state index in [2.05, 4.69) is 4.98 Å². The molecule has 0 radical (unpaired) electrons. The minimum absolute atomic E-state index is 0.0373. The molecular formula is C21H21N3O3. The number of benzene rings is 2. The van der Waals surface area contributed by atoms with Gasteiger partial charge in [0.15, 0.2) is 12.0 Å². The van der Waals surface area contributed by atoms with Crippen molar-refractivity contribution >= 4 is 22.9 Å². The van der Waals surface area contributed by atoms with Gasteiger partial charge in [0.05, 0.1) is 0 Å². The lowest BCUT2D eigenvalue weighted by Gasteiger charge is -2.35. The third-order valence-corrected chi connectivity index (χ3v) is 4.97. The molecule has 6 heteroatoms. The van der Waals surface area contributed by atoms with Gasteiger partial charge in [0.2, 0.25) is 5.91 Å². The standard InChI is InChI=1S/C21H21N3O3/c25-20(9-6-16-4-2-1-3-5-16)23-10-12-24(13-11-23)21(26)17-7-8-18-19(14-17)27-15-22-18/h1-5,7-8,14-15H,6,9-13H2. The van der Waals surface area contributed by atoms with Gasteiger partial charge in [-0.25, -0.2) is 4.98 Å². The molecule has 2 heterocycles. The van der Waals surface area contributed by atoms with Gasteiger partial charge >= 0.3 is 0 Å². The Bertz CT molecular complexity index is 943. The van der Waals surface area contributed by atoms with E-state index in [9.17, 15) is 9.59 Å². The van der Waals surface area contributed by atoms with Gasteiger partial charge in [-0.05, 0) is 30.2 Å². The fourth-order valence-corrected chi connectivity index (χ4v) is 3.38. The maximum Gasteiger partial charge on any atom is 0.254 e. The van der Waals surface area contributed by atoms with E-state index in [1.807, 2.05) is 35.2 Å². The van der Waals surface area contributed by atoms with Crippen LogP contribution in [0.4, 0.5) is 0 Å². The van der Waals surface area contributed by atoms with Gasteiger partial charge in [-0.15, -0.1) is 0 Å². The molecule has 1 aliphatic heterocycles. The van der Waals surface area contributed by atoms with Gasteiger partial charge in [-0.3, -0.25) is 9.59 Å². The Morgan fingerprint density at radius 1 is 0.963 bits per heavy atom. The van der Waals surface area contributed by atoms with Crippen molar-refractivity contribution in [1.82, 2.24) is 14.8 Å². The average molecular weight is 363 g/mol. The summed E-state index contributed by atoms with van der Waals surface area (Å²) in [6, 6.07) is 15.3. The normalized spacial score (nSPS) is 14.5. The molecule has 0 atom stereocenters. The number of amides is 2. The number of aromatic nitrogens is 1. The summed E-state index contributed by atoms with van der Waals surface area (Å²) in [5, 5.41) is 0. The van der Waals surface area contributed by atoms with Gasteiger partial charge in [0, 0.05) is 38.2 Å². The molecule has 2 amide bonds. The molecule has 0 unspecified atom stereocenters. The Morgan fingerprint density at radius 3 is 2.48 bits per heavy atom. The molecule has 1 saturated heterocycles. The minimum atomic E-state index is -0.0373.